The second kappa shape index (κ2) is 8.74. The Morgan fingerprint density at radius 1 is 1.27 bits per heavy atom. The average Bonchev–Trinajstić information content (AvgIpc) is 3.39. The summed E-state index contributed by atoms with van der Waals surface area (Å²) in [4.78, 5) is 16.3. The molecule has 1 aromatic heterocycles. The summed E-state index contributed by atoms with van der Waals surface area (Å²) in [5.74, 6) is 1.77. The van der Waals surface area contributed by atoms with Crippen LogP contribution in [0.3, 0.4) is 0 Å². The number of benzene rings is 1. The van der Waals surface area contributed by atoms with Crippen LogP contribution in [0.25, 0.3) is 11.0 Å². The molecule has 1 heterocycles. The maximum absolute atomic E-state index is 11.7. The number of rotatable bonds is 8. The summed E-state index contributed by atoms with van der Waals surface area (Å²) in [7, 11) is 0. The highest BCUT2D eigenvalue weighted by Gasteiger charge is 2.22. The van der Waals surface area contributed by atoms with Gasteiger partial charge in [0.15, 0.2) is 5.96 Å². The molecule has 1 aliphatic carbocycles. The van der Waals surface area contributed by atoms with Crippen LogP contribution in [-0.2, 0) is 11.3 Å². The zero-order valence-corrected chi connectivity index (χ0v) is 15.6. The number of aryl methyl sites for hydroxylation is 1. The maximum atomic E-state index is 11.7. The Morgan fingerprint density at radius 3 is 2.81 bits per heavy atom. The van der Waals surface area contributed by atoms with E-state index in [4.69, 9.17) is 4.42 Å². The van der Waals surface area contributed by atoms with Crippen LogP contribution in [-0.4, -0.2) is 31.0 Å². The van der Waals surface area contributed by atoms with Gasteiger partial charge in [0.2, 0.25) is 5.91 Å². The van der Waals surface area contributed by atoms with Crippen molar-refractivity contribution in [2.75, 3.05) is 13.1 Å². The maximum Gasteiger partial charge on any atom is 0.220 e. The molecule has 1 fully saturated rings. The number of carbonyl (C=O) groups is 1. The normalized spacial score (nSPS) is 14.5. The number of nitrogens with one attached hydrogen (secondary N) is 3. The highest BCUT2D eigenvalue weighted by molar-refractivity contribution is 5.82. The molecule has 1 saturated carbocycles. The van der Waals surface area contributed by atoms with E-state index in [0.717, 1.165) is 54.1 Å². The van der Waals surface area contributed by atoms with Gasteiger partial charge in [-0.05, 0) is 39.2 Å². The average molecular weight is 356 g/mol. The number of carbonyl (C=O) groups excluding carboxylic acids is 1. The number of para-hydroxylation sites is 1. The van der Waals surface area contributed by atoms with Crippen molar-refractivity contribution in [3.8, 4) is 0 Å². The summed E-state index contributed by atoms with van der Waals surface area (Å²) in [6.07, 6.45) is 3.59. The molecular formula is C20H28N4O2. The van der Waals surface area contributed by atoms with Crippen LogP contribution in [0.5, 0.6) is 0 Å². The van der Waals surface area contributed by atoms with E-state index in [9.17, 15) is 4.79 Å². The van der Waals surface area contributed by atoms with Crippen molar-refractivity contribution in [1.82, 2.24) is 16.0 Å². The number of furan rings is 1. The fraction of sp³-hybridized carbons (Fsp3) is 0.500. The Balaban J connectivity index is 1.50. The second-order valence-electron chi connectivity index (χ2n) is 6.71. The Morgan fingerprint density at radius 2 is 2.08 bits per heavy atom. The van der Waals surface area contributed by atoms with Gasteiger partial charge >= 0.3 is 0 Å². The van der Waals surface area contributed by atoms with Crippen molar-refractivity contribution in [1.29, 1.82) is 0 Å². The Hall–Kier alpha value is -2.50. The largest absolute Gasteiger partial charge is 0.459 e. The molecule has 0 unspecified atom stereocenters. The molecule has 26 heavy (non-hydrogen) atoms. The van der Waals surface area contributed by atoms with Crippen molar-refractivity contribution in [3.05, 3.63) is 35.6 Å². The third-order valence-corrected chi connectivity index (χ3v) is 4.48. The number of hydrogen-bond donors (Lipinski definition) is 3. The number of hydrogen-bond acceptors (Lipinski definition) is 3. The Labute approximate surface area is 154 Å². The van der Waals surface area contributed by atoms with E-state index in [-0.39, 0.29) is 5.91 Å². The van der Waals surface area contributed by atoms with Gasteiger partial charge in [-0.2, -0.15) is 0 Å². The molecule has 0 bridgehead atoms. The highest BCUT2D eigenvalue weighted by Crippen LogP contribution is 2.25. The number of nitrogens with zero attached hydrogens (tertiary/aromatic N) is 1. The van der Waals surface area contributed by atoms with Gasteiger partial charge in [-0.15, -0.1) is 0 Å². The van der Waals surface area contributed by atoms with Gasteiger partial charge in [0.25, 0.3) is 0 Å². The lowest BCUT2D eigenvalue weighted by Crippen LogP contribution is -2.38. The van der Waals surface area contributed by atoms with Crippen LogP contribution in [0.2, 0.25) is 0 Å². The van der Waals surface area contributed by atoms with E-state index < -0.39 is 0 Å². The summed E-state index contributed by atoms with van der Waals surface area (Å²) >= 11 is 0. The number of amides is 1. The van der Waals surface area contributed by atoms with Gasteiger partial charge in [0.1, 0.15) is 17.9 Å². The first-order valence-corrected chi connectivity index (χ1v) is 9.46. The lowest BCUT2D eigenvalue weighted by Gasteiger charge is -2.11. The van der Waals surface area contributed by atoms with Gasteiger partial charge in [-0.1, -0.05) is 18.2 Å². The second-order valence-corrected chi connectivity index (χ2v) is 6.71. The lowest BCUT2D eigenvalue weighted by molar-refractivity contribution is -0.121. The third kappa shape index (κ3) is 5.00. The summed E-state index contributed by atoms with van der Waals surface area (Å²) < 4.78 is 5.91. The topological polar surface area (TPSA) is 78.7 Å². The SMILES string of the molecule is CCNC(=NCc1oc2ccccc2c1C)NCCCC(=O)NC1CC1. The molecule has 1 aliphatic rings. The first kappa shape index (κ1) is 18.3. The molecule has 6 heteroatoms. The zero-order valence-electron chi connectivity index (χ0n) is 15.6. The first-order valence-electron chi connectivity index (χ1n) is 9.46. The summed E-state index contributed by atoms with van der Waals surface area (Å²) in [6, 6.07) is 8.47. The monoisotopic (exact) mass is 356 g/mol. The van der Waals surface area contributed by atoms with E-state index in [1.165, 1.54) is 0 Å². The van der Waals surface area contributed by atoms with Crippen molar-refractivity contribution >= 4 is 22.8 Å². The van der Waals surface area contributed by atoms with Crippen LogP contribution < -0.4 is 16.0 Å². The van der Waals surface area contributed by atoms with E-state index in [1.54, 1.807) is 0 Å². The first-order chi connectivity index (χ1) is 12.7. The van der Waals surface area contributed by atoms with Crippen LogP contribution in [0.1, 0.15) is 43.9 Å². The molecule has 0 aliphatic heterocycles. The van der Waals surface area contributed by atoms with Crippen molar-refractivity contribution in [2.24, 2.45) is 4.99 Å². The predicted octanol–water partition coefficient (Wildman–Crippen LogP) is 2.86. The molecule has 140 valence electrons. The van der Waals surface area contributed by atoms with Crippen molar-refractivity contribution in [2.45, 2.75) is 52.1 Å². The zero-order chi connectivity index (χ0) is 18.4. The number of guanidine groups is 1. The van der Waals surface area contributed by atoms with Crippen LogP contribution in [0.15, 0.2) is 33.7 Å². The highest BCUT2D eigenvalue weighted by atomic mass is 16.3. The van der Waals surface area contributed by atoms with E-state index in [2.05, 4.69) is 33.9 Å². The fourth-order valence-electron chi connectivity index (χ4n) is 2.85. The van der Waals surface area contributed by atoms with Gasteiger partial charge in [-0.25, -0.2) is 4.99 Å². The molecule has 2 aromatic rings. The smallest absolute Gasteiger partial charge is 0.220 e. The molecule has 0 saturated heterocycles. The van der Waals surface area contributed by atoms with E-state index >= 15 is 0 Å². The van der Waals surface area contributed by atoms with Gasteiger partial charge in [0.05, 0.1) is 0 Å². The van der Waals surface area contributed by atoms with Crippen molar-refractivity contribution < 1.29 is 9.21 Å². The standard InChI is InChI=1S/C20H28N4O2/c1-3-21-20(22-12-6-9-19(25)24-15-10-11-15)23-13-18-14(2)16-7-4-5-8-17(16)26-18/h4-5,7-8,15H,3,6,9-13H2,1-2H3,(H,24,25)(H2,21,22,23). The van der Waals surface area contributed by atoms with Crippen molar-refractivity contribution in [3.63, 3.8) is 0 Å². The van der Waals surface area contributed by atoms with Gasteiger partial charge in [0, 0.05) is 36.5 Å². The molecule has 1 amide bonds. The molecule has 0 radical (unpaired) electrons. The van der Waals surface area contributed by atoms with Gasteiger partial charge < -0.3 is 20.4 Å². The van der Waals surface area contributed by atoms with E-state index in [1.807, 2.05) is 25.1 Å². The predicted molar refractivity (Wildman–Crippen MR) is 104 cm³/mol. The fourth-order valence-corrected chi connectivity index (χ4v) is 2.85. The molecule has 0 atom stereocenters. The Bertz CT molecular complexity index is 777. The quantitative estimate of drug-likeness (QED) is 0.386. The molecule has 1 aromatic carbocycles. The molecule has 6 nitrogen and oxygen atoms in total. The number of aliphatic imine (C=N–C) groups is 1. The lowest BCUT2D eigenvalue weighted by atomic mass is 10.1. The number of fused-ring (bicyclic) bond motifs is 1. The minimum Gasteiger partial charge on any atom is -0.459 e. The van der Waals surface area contributed by atoms with Crippen LogP contribution >= 0.6 is 0 Å². The molecular weight excluding hydrogens is 328 g/mol. The summed E-state index contributed by atoms with van der Waals surface area (Å²) in [5.41, 5.74) is 2.03. The summed E-state index contributed by atoms with van der Waals surface area (Å²) in [5, 5.41) is 10.7. The van der Waals surface area contributed by atoms with E-state index in [0.29, 0.717) is 25.6 Å². The minimum atomic E-state index is 0.147. The third-order valence-electron chi connectivity index (χ3n) is 4.48. The van der Waals surface area contributed by atoms with Crippen LogP contribution in [0.4, 0.5) is 0 Å². The minimum absolute atomic E-state index is 0.147. The Kier molecular flexibility index (Phi) is 6.15. The van der Waals surface area contributed by atoms with Gasteiger partial charge in [-0.3, -0.25) is 4.79 Å². The molecule has 3 rings (SSSR count). The summed E-state index contributed by atoms with van der Waals surface area (Å²) in [6.45, 7) is 6.08. The molecule has 0 spiro atoms. The molecule has 3 N–H and O–H groups in total. The van der Waals surface area contributed by atoms with Crippen LogP contribution in [0, 0.1) is 6.92 Å².